The minimum atomic E-state index is -0.686. The number of methoxy groups -OCH3 is 2. The predicted molar refractivity (Wildman–Crippen MR) is 105 cm³/mol. The lowest BCUT2D eigenvalue weighted by Gasteiger charge is -2.26. The van der Waals surface area contributed by atoms with Gasteiger partial charge in [-0.3, -0.25) is 9.59 Å². The molecule has 0 fully saturated rings. The van der Waals surface area contributed by atoms with E-state index in [1.807, 2.05) is 12.2 Å². The third-order valence-corrected chi connectivity index (χ3v) is 4.93. The molecule has 1 heterocycles. The number of rotatable bonds is 7. The zero-order chi connectivity index (χ0) is 20.7. The number of amides is 1. The second-order valence-corrected chi connectivity index (χ2v) is 7.10. The maximum absolute atomic E-state index is 12.8. The van der Waals surface area contributed by atoms with Gasteiger partial charge < -0.3 is 19.5 Å². The maximum Gasteiger partial charge on any atom is 0.319 e. The molecule has 2 atom stereocenters. The Morgan fingerprint density at radius 3 is 2.43 bits per heavy atom. The first-order chi connectivity index (χ1) is 13.4. The molecule has 1 N–H and O–H groups in total. The normalized spacial score (nSPS) is 18.2. The first-order valence-electron chi connectivity index (χ1n) is 8.14. The van der Waals surface area contributed by atoms with Crippen molar-refractivity contribution in [1.29, 1.82) is 0 Å². The zero-order valence-electron chi connectivity index (χ0n) is 15.1. The first-order valence-corrected chi connectivity index (χ1v) is 9.27. The topological polar surface area (TPSA) is 99.6 Å². The average Bonchev–Trinajstić information content (AvgIpc) is 2.71. The molecule has 1 amide bonds. The molecule has 0 bridgehead atoms. The second-order valence-electron chi connectivity index (χ2n) is 5.70. The highest BCUT2D eigenvalue weighted by atomic mass is 35.5. The van der Waals surface area contributed by atoms with Crippen molar-refractivity contribution >= 4 is 52.4 Å². The molecule has 0 saturated carbocycles. The highest BCUT2D eigenvalue weighted by Crippen LogP contribution is 2.30. The summed E-state index contributed by atoms with van der Waals surface area (Å²) in [4.78, 5) is 33.2. The van der Waals surface area contributed by atoms with Gasteiger partial charge in [0.15, 0.2) is 0 Å². The fraction of sp³-hybridized carbons (Fsp3) is 0.412. The second kappa shape index (κ2) is 10.5. The lowest BCUT2D eigenvalue weighted by Crippen LogP contribution is -2.36. The van der Waals surface area contributed by atoms with Gasteiger partial charge in [-0.2, -0.15) is 4.98 Å². The number of carbonyl (C=O) groups is 2. The minimum Gasteiger partial charge on any atom is -0.479 e. The van der Waals surface area contributed by atoms with Crippen LogP contribution in [0.4, 0.5) is 5.69 Å². The first kappa shape index (κ1) is 22.3. The van der Waals surface area contributed by atoms with E-state index in [0.29, 0.717) is 12.8 Å². The van der Waals surface area contributed by atoms with Crippen LogP contribution >= 0.6 is 34.8 Å². The van der Waals surface area contributed by atoms with Crippen LogP contribution in [0.5, 0.6) is 11.9 Å². The quantitative estimate of drug-likeness (QED) is 0.502. The highest BCUT2D eigenvalue weighted by molar-refractivity contribution is 6.59. The molecular formula is C17H18Cl3N3O5. The third-order valence-electron chi connectivity index (χ3n) is 3.98. The lowest BCUT2D eigenvalue weighted by molar-refractivity contribution is -0.151. The van der Waals surface area contributed by atoms with Crippen molar-refractivity contribution in [2.45, 2.75) is 12.8 Å². The van der Waals surface area contributed by atoms with Gasteiger partial charge in [-0.25, -0.2) is 4.98 Å². The van der Waals surface area contributed by atoms with Gasteiger partial charge in [-0.05, 0) is 12.8 Å². The summed E-state index contributed by atoms with van der Waals surface area (Å²) in [5.74, 6) is -2.17. The number of hydrogen-bond acceptors (Lipinski definition) is 7. The molecule has 0 spiro atoms. The molecule has 1 aliphatic carbocycles. The molecular weight excluding hydrogens is 433 g/mol. The molecule has 28 heavy (non-hydrogen) atoms. The molecule has 8 nitrogen and oxygen atoms in total. The number of hydrogen-bond donors (Lipinski definition) is 1. The van der Waals surface area contributed by atoms with Crippen LogP contribution < -0.4 is 14.8 Å². The van der Waals surface area contributed by atoms with Crippen molar-refractivity contribution in [1.82, 2.24) is 9.97 Å². The summed E-state index contributed by atoms with van der Waals surface area (Å²) in [5.41, 5.74) is 0.259. The number of esters is 1. The standard InChI is InChI=1S/C17H18Cl3N3O5/c1-26-15-12(7-21-17(23-15)27-2)22-14(24)9-5-3-4-6-10(9)16(25)28-8-11(18)13(19)20/h3-4,7,9-10H,5-6,8H2,1-2H3,(H,22,24)/t9-,10-/m0/s1. The van der Waals surface area contributed by atoms with Crippen LogP contribution in [-0.4, -0.2) is 42.7 Å². The summed E-state index contributed by atoms with van der Waals surface area (Å²) >= 11 is 16.8. The van der Waals surface area contributed by atoms with E-state index in [9.17, 15) is 9.59 Å². The van der Waals surface area contributed by atoms with E-state index in [-0.39, 0.29) is 33.7 Å². The van der Waals surface area contributed by atoms with Crippen molar-refractivity contribution < 1.29 is 23.8 Å². The van der Waals surface area contributed by atoms with Crippen LogP contribution in [0.3, 0.4) is 0 Å². The van der Waals surface area contributed by atoms with Crippen LogP contribution in [0.1, 0.15) is 12.8 Å². The molecule has 1 aromatic heterocycles. The van der Waals surface area contributed by atoms with E-state index in [0.717, 1.165) is 0 Å². The number of nitrogens with one attached hydrogen (secondary N) is 1. The average molecular weight is 451 g/mol. The molecule has 1 aliphatic rings. The number of anilines is 1. The van der Waals surface area contributed by atoms with Gasteiger partial charge in [0.25, 0.3) is 0 Å². The van der Waals surface area contributed by atoms with Gasteiger partial charge in [0.05, 0.1) is 37.3 Å². The van der Waals surface area contributed by atoms with Crippen molar-refractivity contribution in [3.8, 4) is 11.9 Å². The number of ether oxygens (including phenoxy) is 3. The SMILES string of the molecule is COc1ncc(NC(=O)[C@H]2CC=CC[C@@H]2C(=O)OCC(Cl)=C(Cl)Cl)c(OC)n1. The van der Waals surface area contributed by atoms with E-state index in [1.54, 1.807) is 0 Å². The molecule has 1 aromatic rings. The van der Waals surface area contributed by atoms with Gasteiger partial charge >= 0.3 is 12.0 Å². The van der Waals surface area contributed by atoms with Crippen LogP contribution in [0.25, 0.3) is 0 Å². The molecule has 152 valence electrons. The largest absolute Gasteiger partial charge is 0.479 e. The lowest BCUT2D eigenvalue weighted by atomic mass is 9.82. The fourth-order valence-electron chi connectivity index (χ4n) is 2.58. The maximum atomic E-state index is 12.8. The van der Waals surface area contributed by atoms with Crippen molar-refractivity contribution in [3.05, 3.63) is 27.9 Å². The molecule has 0 aromatic carbocycles. The Balaban J connectivity index is 2.11. The van der Waals surface area contributed by atoms with E-state index in [2.05, 4.69) is 15.3 Å². The Kier molecular flexibility index (Phi) is 8.35. The molecule has 0 unspecified atom stereocenters. The smallest absolute Gasteiger partial charge is 0.319 e. The van der Waals surface area contributed by atoms with E-state index in [4.69, 9.17) is 49.0 Å². The van der Waals surface area contributed by atoms with Gasteiger partial charge in [0.1, 0.15) is 16.8 Å². The fourth-order valence-corrected chi connectivity index (χ4v) is 2.74. The Morgan fingerprint density at radius 2 is 1.82 bits per heavy atom. The summed E-state index contributed by atoms with van der Waals surface area (Å²) in [5, 5.41) is 2.69. The number of nitrogens with zero attached hydrogens (tertiary/aromatic N) is 2. The van der Waals surface area contributed by atoms with E-state index >= 15 is 0 Å². The van der Waals surface area contributed by atoms with Gasteiger partial charge in [-0.1, -0.05) is 47.0 Å². The van der Waals surface area contributed by atoms with Crippen molar-refractivity contribution in [2.24, 2.45) is 11.8 Å². The summed E-state index contributed by atoms with van der Waals surface area (Å²) in [6.07, 6.45) is 5.73. The third kappa shape index (κ3) is 5.73. The van der Waals surface area contributed by atoms with Crippen LogP contribution in [0.2, 0.25) is 0 Å². The Bertz CT molecular complexity index is 796. The summed E-state index contributed by atoms with van der Waals surface area (Å²) in [6.45, 7) is -0.266. The molecule has 11 heteroatoms. The zero-order valence-corrected chi connectivity index (χ0v) is 17.3. The Morgan fingerprint density at radius 1 is 1.14 bits per heavy atom. The number of allylic oxidation sites excluding steroid dienone is 2. The number of carbonyl (C=O) groups excluding carboxylic acids is 2. The van der Waals surface area contributed by atoms with E-state index in [1.165, 1.54) is 20.4 Å². The summed E-state index contributed by atoms with van der Waals surface area (Å²) in [6, 6.07) is 0.0970. The molecule has 0 aliphatic heterocycles. The van der Waals surface area contributed by atoms with E-state index < -0.39 is 23.7 Å². The van der Waals surface area contributed by atoms with Crippen molar-refractivity contribution in [2.75, 3.05) is 26.1 Å². The number of aromatic nitrogens is 2. The van der Waals surface area contributed by atoms with Crippen LogP contribution in [-0.2, 0) is 14.3 Å². The minimum absolute atomic E-state index is 0.00385. The van der Waals surface area contributed by atoms with Gasteiger partial charge in [0.2, 0.25) is 11.8 Å². The highest BCUT2D eigenvalue weighted by Gasteiger charge is 2.35. The van der Waals surface area contributed by atoms with Crippen LogP contribution in [0, 0.1) is 11.8 Å². The molecule has 0 radical (unpaired) electrons. The van der Waals surface area contributed by atoms with Gasteiger partial charge in [0, 0.05) is 0 Å². The molecule has 2 rings (SSSR count). The number of halogens is 3. The van der Waals surface area contributed by atoms with Crippen molar-refractivity contribution in [3.63, 3.8) is 0 Å². The molecule has 0 saturated heterocycles. The summed E-state index contributed by atoms with van der Waals surface area (Å²) < 4.78 is 15.0. The van der Waals surface area contributed by atoms with Crippen LogP contribution in [0.15, 0.2) is 27.9 Å². The monoisotopic (exact) mass is 449 g/mol. The Hall–Kier alpha value is -2.03. The summed E-state index contributed by atoms with van der Waals surface area (Å²) in [7, 11) is 2.82. The predicted octanol–water partition coefficient (Wildman–Crippen LogP) is 3.44. The Labute approximate surface area is 176 Å². The van der Waals surface area contributed by atoms with Gasteiger partial charge in [-0.15, -0.1) is 0 Å².